The maximum Gasteiger partial charge on any atom is 0.223 e. The Balaban J connectivity index is 1.53. The van der Waals surface area contributed by atoms with E-state index in [4.69, 9.17) is 10.7 Å². The van der Waals surface area contributed by atoms with Crippen LogP contribution in [0.1, 0.15) is 36.8 Å². The van der Waals surface area contributed by atoms with Crippen LogP contribution in [0.4, 0.5) is 5.13 Å². The van der Waals surface area contributed by atoms with E-state index >= 15 is 0 Å². The Morgan fingerprint density at radius 2 is 2.20 bits per heavy atom. The highest BCUT2D eigenvalue weighted by atomic mass is 32.1. The first kappa shape index (κ1) is 16.1. The number of nitrogens with two attached hydrogens (primary N) is 1. The van der Waals surface area contributed by atoms with Gasteiger partial charge in [0.25, 0.3) is 0 Å². The first-order chi connectivity index (χ1) is 12.1. The minimum absolute atomic E-state index is 0.0606. The number of rotatable bonds is 4. The normalized spacial score (nSPS) is 17.5. The summed E-state index contributed by atoms with van der Waals surface area (Å²) in [6.07, 6.45) is 3.08. The molecule has 1 aliphatic rings. The van der Waals surface area contributed by atoms with E-state index in [2.05, 4.69) is 15.6 Å². The molecule has 1 amide bonds. The summed E-state index contributed by atoms with van der Waals surface area (Å²) in [5.74, 6) is 1.14. The predicted octanol–water partition coefficient (Wildman–Crippen LogP) is 2.91. The number of hydrogen-bond donors (Lipinski definition) is 1. The van der Waals surface area contributed by atoms with Crippen molar-refractivity contribution in [2.24, 2.45) is 7.05 Å². The second-order valence-corrected chi connectivity index (χ2v) is 7.33. The maximum absolute atomic E-state index is 12.8. The lowest BCUT2D eigenvalue weighted by atomic mass is 10.2. The molecule has 0 aliphatic carbocycles. The molecular weight excluding hydrogens is 334 g/mol. The van der Waals surface area contributed by atoms with Crippen LogP contribution in [0, 0.1) is 0 Å². The summed E-state index contributed by atoms with van der Waals surface area (Å²) in [5, 5.41) is 2.48. The molecule has 0 spiro atoms. The molecule has 130 valence electrons. The summed E-state index contributed by atoms with van der Waals surface area (Å²) in [6, 6.07) is 8.17. The quantitative estimate of drug-likeness (QED) is 0.781. The van der Waals surface area contributed by atoms with E-state index in [1.165, 1.54) is 11.3 Å². The molecule has 7 heteroatoms. The molecule has 0 bridgehead atoms. The molecule has 1 unspecified atom stereocenters. The molecule has 0 saturated carbocycles. The molecule has 4 rings (SSSR count). The third kappa shape index (κ3) is 3.00. The van der Waals surface area contributed by atoms with Crippen LogP contribution in [0.3, 0.4) is 0 Å². The van der Waals surface area contributed by atoms with Crippen molar-refractivity contribution in [2.45, 2.75) is 31.7 Å². The van der Waals surface area contributed by atoms with Gasteiger partial charge in [-0.05, 0) is 31.4 Å². The summed E-state index contributed by atoms with van der Waals surface area (Å²) in [5.41, 5.74) is 8.65. The average Bonchev–Trinajstić information content (AvgIpc) is 3.32. The van der Waals surface area contributed by atoms with Gasteiger partial charge >= 0.3 is 0 Å². The Kier molecular flexibility index (Phi) is 4.17. The topological polar surface area (TPSA) is 77.0 Å². The standard InChI is InChI=1S/C18H21N5OS/c1-22-14-6-3-2-5-13(14)21-17(22)15-7-4-10-23(15)16(24)9-8-12-11-25-18(19)20-12/h2-3,5-6,11,15H,4,7-10H2,1H3,(H2,19,20). The van der Waals surface area contributed by atoms with Crippen molar-refractivity contribution in [3.8, 4) is 0 Å². The number of thiazole rings is 1. The third-order valence-electron chi connectivity index (χ3n) is 4.86. The van der Waals surface area contributed by atoms with E-state index in [1.807, 2.05) is 35.5 Å². The molecule has 1 saturated heterocycles. The fourth-order valence-electron chi connectivity index (χ4n) is 3.61. The number of likely N-dealkylation sites (tertiary alicyclic amines) is 1. The van der Waals surface area contributed by atoms with Gasteiger partial charge in [0.2, 0.25) is 5.91 Å². The number of aromatic nitrogens is 3. The molecule has 3 aromatic rings. The molecule has 25 heavy (non-hydrogen) atoms. The highest BCUT2D eigenvalue weighted by Gasteiger charge is 2.32. The van der Waals surface area contributed by atoms with Gasteiger partial charge in [-0.2, -0.15) is 0 Å². The Morgan fingerprint density at radius 3 is 2.96 bits per heavy atom. The maximum atomic E-state index is 12.8. The van der Waals surface area contributed by atoms with E-state index in [9.17, 15) is 4.79 Å². The SMILES string of the molecule is Cn1c(C2CCCN2C(=O)CCc2csc(N)n2)nc2ccccc21. The molecule has 1 aromatic carbocycles. The summed E-state index contributed by atoms with van der Waals surface area (Å²) >= 11 is 1.42. The number of para-hydroxylation sites is 2. The second-order valence-electron chi connectivity index (χ2n) is 6.44. The van der Waals surface area contributed by atoms with Crippen LogP contribution in [0.25, 0.3) is 11.0 Å². The molecule has 2 N–H and O–H groups in total. The zero-order chi connectivity index (χ0) is 17.4. The number of nitrogens with zero attached hydrogens (tertiary/aromatic N) is 4. The largest absolute Gasteiger partial charge is 0.375 e. The minimum atomic E-state index is 0.0606. The first-order valence-corrected chi connectivity index (χ1v) is 9.42. The number of nitrogen functional groups attached to an aromatic ring is 1. The summed E-state index contributed by atoms with van der Waals surface area (Å²) in [4.78, 5) is 23.8. The van der Waals surface area contributed by atoms with Gasteiger partial charge in [-0.25, -0.2) is 9.97 Å². The van der Waals surface area contributed by atoms with Gasteiger partial charge in [0.1, 0.15) is 5.82 Å². The van der Waals surface area contributed by atoms with Crippen molar-refractivity contribution < 1.29 is 4.79 Å². The number of fused-ring (bicyclic) bond motifs is 1. The van der Waals surface area contributed by atoms with Crippen LogP contribution in [0.5, 0.6) is 0 Å². The van der Waals surface area contributed by atoms with Crippen LogP contribution >= 0.6 is 11.3 Å². The average molecular weight is 355 g/mol. The monoisotopic (exact) mass is 355 g/mol. The summed E-state index contributed by atoms with van der Waals surface area (Å²) < 4.78 is 2.12. The van der Waals surface area contributed by atoms with Gasteiger partial charge in [0.05, 0.1) is 22.8 Å². The molecular formula is C18H21N5OS. The van der Waals surface area contributed by atoms with Gasteiger partial charge < -0.3 is 15.2 Å². The molecule has 3 heterocycles. The van der Waals surface area contributed by atoms with Crippen LogP contribution in [0.2, 0.25) is 0 Å². The summed E-state index contributed by atoms with van der Waals surface area (Å²) in [6.45, 7) is 0.798. The van der Waals surface area contributed by atoms with Gasteiger partial charge in [-0.3, -0.25) is 4.79 Å². The van der Waals surface area contributed by atoms with E-state index < -0.39 is 0 Å². The number of benzene rings is 1. The fourth-order valence-corrected chi connectivity index (χ4v) is 4.21. The number of carbonyl (C=O) groups excluding carboxylic acids is 1. The minimum Gasteiger partial charge on any atom is -0.375 e. The van der Waals surface area contributed by atoms with Gasteiger partial charge in [-0.15, -0.1) is 11.3 Å². The Labute approximate surface area is 150 Å². The molecule has 1 fully saturated rings. The Bertz CT molecular complexity index is 915. The lowest BCUT2D eigenvalue weighted by molar-refractivity contribution is -0.132. The predicted molar refractivity (Wildman–Crippen MR) is 99.2 cm³/mol. The zero-order valence-electron chi connectivity index (χ0n) is 14.2. The van der Waals surface area contributed by atoms with Gasteiger partial charge in [-0.1, -0.05) is 12.1 Å². The molecule has 6 nitrogen and oxygen atoms in total. The van der Waals surface area contributed by atoms with Crippen LogP contribution in [0.15, 0.2) is 29.6 Å². The molecule has 2 aromatic heterocycles. The number of anilines is 1. The van der Waals surface area contributed by atoms with Gasteiger partial charge in [0.15, 0.2) is 5.13 Å². The van der Waals surface area contributed by atoms with Crippen molar-refractivity contribution in [3.05, 3.63) is 41.2 Å². The van der Waals surface area contributed by atoms with E-state index in [0.29, 0.717) is 18.0 Å². The molecule has 1 atom stereocenters. The Hall–Kier alpha value is -2.41. The smallest absolute Gasteiger partial charge is 0.223 e. The molecule has 0 radical (unpaired) electrons. The van der Waals surface area contributed by atoms with Crippen molar-refractivity contribution >= 4 is 33.4 Å². The number of aryl methyl sites for hydroxylation is 2. The van der Waals surface area contributed by atoms with Crippen molar-refractivity contribution in [1.29, 1.82) is 0 Å². The Morgan fingerprint density at radius 1 is 1.36 bits per heavy atom. The van der Waals surface area contributed by atoms with E-state index in [-0.39, 0.29) is 11.9 Å². The van der Waals surface area contributed by atoms with Crippen LogP contribution < -0.4 is 5.73 Å². The van der Waals surface area contributed by atoms with Crippen molar-refractivity contribution in [3.63, 3.8) is 0 Å². The van der Waals surface area contributed by atoms with E-state index in [0.717, 1.165) is 41.9 Å². The second kappa shape index (κ2) is 6.48. The van der Waals surface area contributed by atoms with Crippen LogP contribution in [-0.4, -0.2) is 31.9 Å². The number of carbonyl (C=O) groups is 1. The highest BCUT2D eigenvalue weighted by Crippen LogP contribution is 2.33. The van der Waals surface area contributed by atoms with Gasteiger partial charge in [0, 0.05) is 25.4 Å². The lowest BCUT2D eigenvalue weighted by Crippen LogP contribution is -2.32. The number of hydrogen-bond acceptors (Lipinski definition) is 5. The van der Waals surface area contributed by atoms with Crippen LogP contribution in [-0.2, 0) is 18.3 Å². The fraction of sp³-hybridized carbons (Fsp3) is 0.389. The summed E-state index contributed by atoms with van der Waals surface area (Å²) in [7, 11) is 2.03. The lowest BCUT2D eigenvalue weighted by Gasteiger charge is -2.24. The van der Waals surface area contributed by atoms with Crippen molar-refractivity contribution in [2.75, 3.05) is 12.3 Å². The van der Waals surface area contributed by atoms with Crippen molar-refractivity contribution in [1.82, 2.24) is 19.4 Å². The molecule has 1 aliphatic heterocycles. The number of amides is 1. The highest BCUT2D eigenvalue weighted by molar-refractivity contribution is 7.13. The zero-order valence-corrected chi connectivity index (χ0v) is 15.0. The number of imidazole rings is 1. The third-order valence-corrected chi connectivity index (χ3v) is 5.58. The van der Waals surface area contributed by atoms with E-state index in [1.54, 1.807) is 0 Å². The first-order valence-electron chi connectivity index (χ1n) is 8.54.